The van der Waals surface area contributed by atoms with Gasteiger partial charge in [0.05, 0.1) is 24.0 Å². The van der Waals surface area contributed by atoms with Crippen LogP contribution in [0.2, 0.25) is 0 Å². The number of aromatic nitrogens is 3. The minimum absolute atomic E-state index is 0.0302. The predicted molar refractivity (Wildman–Crippen MR) is 115 cm³/mol. The first-order valence-corrected chi connectivity index (χ1v) is 11.4. The molecular weight excluding hydrogens is 394 g/mol. The molecule has 4 heterocycles. The standard InChI is InChI=1S/C23H31N5O3/c1-13-10-15(13)20(29)27-8-5-6-18(27)16-11-19-24-17-12-26(22(31)23(2,3)4)9-7-14(17)21(30)28(19)25-16/h11,13,15,18,25H,5-10,12H2,1-4H3. The molecule has 2 aliphatic heterocycles. The third-order valence-electron chi connectivity index (χ3n) is 7.04. The maximum absolute atomic E-state index is 13.2. The first-order valence-electron chi connectivity index (χ1n) is 11.4. The van der Waals surface area contributed by atoms with Gasteiger partial charge in [-0.2, -0.15) is 0 Å². The molecule has 8 nitrogen and oxygen atoms in total. The molecule has 3 unspecified atom stereocenters. The number of fused-ring (bicyclic) bond motifs is 2. The summed E-state index contributed by atoms with van der Waals surface area (Å²) in [5.41, 5.74) is 2.23. The fourth-order valence-corrected chi connectivity index (χ4v) is 5.06. The van der Waals surface area contributed by atoms with Crippen LogP contribution in [0.4, 0.5) is 0 Å². The van der Waals surface area contributed by atoms with Crippen molar-refractivity contribution in [3.05, 3.63) is 33.4 Å². The van der Waals surface area contributed by atoms with E-state index in [1.54, 1.807) is 4.90 Å². The van der Waals surface area contributed by atoms with Gasteiger partial charge in [0.2, 0.25) is 11.8 Å². The van der Waals surface area contributed by atoms with Gasteiger partial charge in [0.1, 0.15) is 0 Å². The van der Waals surface area contributed by atoms with Gasteiger partial charge in [-0.3, -0.25) is 19.5 Å². The molecule has 5 rings (SSSR count). The Morgan fingerprint density at radius 3 is 2.65 bits per heavy atom. The molecule has 1 saturated heterocycles. The number of likely N-dealkylation sites (tertiary alicyclic amines) is 1. The molecule has 31 heavy (non-hydrogen) atoms. The quantitative estimate of drug-likeness (QED) is 0.799. The largest absolute Gasteiger partial charge is 0.336 e. The summed E-state index contributed by atoms with van der Waals surface area (Å²) in [4.78, 5) is 47.3. The molecule has 0 spiro atoms. The summed E-state index contributed by atoms with van der Waals surface area (Å²) < 4.78 is 1.51. The van der Waals surface area contributed by atoms with E-state index in [0.29, 0.717) is 42.3 Å². The fourth-order valence-electron chi connectivity index (χ4n) is 5.06. The van der Waals surface area contributed by atoms with Gasteiger partial charge in [0.25, 0.3) is 5.56 Å². The summed E-state index contributed by atoms with van der Waals surface area (Å²) in [6.45, 7) is 9.52. The number of carbonyl (C=O) groups excluding carboxylic acids is 2. The lowest BCUT2D eigenvalue weighted by atomic mass is 9.93. The van der Waals surface area contributed by atoms with Gasteiger partial charge >= 0.3 is 0 Å². The minimum atomic E-state index is -0.463. The average molecular weight is 426 g/mol. The third kappa shape index (κ3) is 3.36. The Morgan fingerprint density at radius 2 is 1.97 bits per heavy atom. The maximum atomic E-state index is 13.2. The molecule has 0 aromatic carbocycles. The zero-order chi connectivity index (χ0) is 22.1. The van der Waals surface area contributed by atoms with E-state index < -0.39 is 5.41 Å². The normalized spacial score (nSPS) is 25.7. The van der Waals surface area contributed by atoms with Gasteiger partial charge in [-0.05, 0) is 31.6 Å². The Balaban J connectivity index is 1.46. The molecule has 2 amide bonds. The lowest BCUT2D eigenvalue weighted by Crippen LogP contribution is -2.44. The van der Waals surface area contributed by atoms with Gasteiger partial charge in [-0.25, -0.2) is 9.50 Å². The molecule has 0 radical (unpaired) electrons. The van der Waals surface area contributed by atoms with Crippen LogP contribution in [0.3, 0.4) is 0 Å². The highest BCUT2D eigenvalue weighted by molar-refractivity contribution is 5.82. The lowest BCUT2D eigenvalue weighted by Gasteiger charge is -2.32. The van der Waals surface area contributed by atoms with Crippen molar-refractivity contribution in [3.63, 3.8) is 0 Å². The van der Waals surface area contributed by atoms with Crippen molar-refractivity contribution in [2.24, 2.45) is 17.3 Å². The lowest BCUT2D eigenvalue weighted by molar-refractivity contribution is -0.140. The van der Waals surface area contributed by atoms with Crippen molar-refractivity contribution in [2.45, 2.75) is 66.0 Å². The van der Waals surface area contributed by atoms with Crippen molar-refractivity contribution in [3.8, 4) is 0 Å². The summed E-state index contributed by atoms with van der Waals surface area (Å²) in [7, 11) is 0. The Kier molecular flexibility index (Phi) is 4.53. The summed E-state index contributed by atoms with van der Waals surface area (Å²) in [5, 5.41) is 3.24. The van der Waals surface area contributed by atoms with E-state index in [9.17, 15) is 14.4 Å². The number of hydrogen-bond acceptors (Lipinski definition) is 4. The Bertz CT molecular complexity index is 1120. The molecule has 2 aromatic rings. The van der Waals surface area contributed by atoms with Gasteiger partial charge in [0.15, 0.2) is 5.65 Å². The van der Waals surface area contributed by atoms with Gasteiger partial charge < -0.3 is 9.80 Å². The van der Waals surface area contributed by atoms with Crippen molar-refractivity contribution in [1.29, 1.82) is 0 Å². The number of carbonyl (C=O) groups is 2. The highest BCUT2D eigenvalue weighted by Crippen LogP contribution is 2.43. The van der Waals surface area contributed by atoms with Gasteiger partial charge in [-0.1, -0.05) is 27.7 Å². The molecule has 1 N–H and O–H groups in total. The van der Waals surface area contributed by atoms with Crippen LogP contribution in [0.5, 0.6) is 0 Å². The SMILES string of the molecule is CC1CC1C(=O)N1CCCC1c1cc2nc3c(c(=O)n2[nH]1)CCN(C(=O)C(C)(C)C)C3. The van der Waals surface area contributed by atoms with Crippen LogP contribution in [0.25, 0.3) is 5.65 Å². The molecule has 1 aliphatic carbocycles. The van der Waals surface area contributed by atoms with Crippen LogP contribution >= 0.6 is 0 Å². The maximum Gasteiger partial charge on any atom is 0.276 e. The number of amides is 2. The number of rotatable bonds is 2. The number of nitrogens with zero attached hydrogens (tertiary/aromatic N) is 4. The zero-order valence-electron chi connectivity index (χ0n) is 18.8. The van der Waals surface area contributed by atoms with Crippen molar-refractivity contribution in [1.82, 2.24) is 24.4 Å². The van der Waals surface area contributed by atoms with Gasteiger partial charge in [0, 0.05) is 36.1 Å². The Morgan fingerprint density at radius 1 is 1.23 bits per heavy atom. The molecule has 2 fully saturated rings. The predicted octanol–water partition coefficient (Wildman–Crippen LogP) is 2.27. The summed E-state index contributed by atoms with van der Waals surface area (Å²) in [6, 6.07) is 1.87. The van der Waals surface area contributed by atoms with E-state index in [1.165, 1.54) is 4.52 Å². The van der Waals surface area contributed by atoms with Crippen LogP contribution in [0.15, 0.2) is 10.9 Å². The highest BCUT2D eigenvalue weighted by atomic mass is 16.2. The van der Waals surface area contributed by atoms with E-state index in [2.05, 4.69) is 12.0 Å². The summed E-state index contributed by atoms with van der Waals surface area (Å²) >= 11 is 0. The summed E-state index contributed by atoms with van der Waals surface area (Å²) in [6.07, 6.45) is 3.34. The second-order valence-electron chi connectivity index (χ2n) is 10.5. The topological polar surface area (TPSA) is 90.8 Å². The number of H-pyrrole nitrogens is 1. The number of hydrogen-bond donors (Lipinski definition) is 1. The molecular formula is C23H31N5O3. The van der Waals surface area contributed by atoms with E-state index in [-0.39, 0.29) is 29.3 Å². The summed E-state index contributed by atoms with van der Waals surface area (Å²) in [5.74, 6) is 0.949. The van der Waals surface area contributed by atoms with Crippen LogP contribution in [-0.2, 0) is 22.6 Å². The Labute approximate surface area is 181 Å². The molecule has 166 valence electrons. The van der Waals surface area contributed by atoms with E-state index in [4.69, 9.17) is 4.98 Å². The molecule has 0 bridgehead atoms. The molecule has 3 aliphatic rings. The minimum Gasteiger partial charge on any atom is -0.336 e. The van der Waals surface area contributed by atoms with Crippen LogP contribution in [-0.4, -0.2) is 49.3 Å². The highest BCUT2D eigenvalue weighted by Gasteiger charge is 2.44. The average Bonchev–Trinajstić information content (AvgIpc) is 3.11. The van der Waals surface area contributed by atoms with Crippen LogP contribution < -0.4 is 5.56 Å². The second-order valence-corrected chi connectivity index (χ2v) is 10.5. The second kappa shape index (κ2) is 6.93. The van der Waals surface area contributed by atoms with E-state index in [0.717, 1.165) is 31.5 Å². The van der Waals surface area contributed by atoms with Crippen LogP contribution in [0.1, 0.15) is 70.0 Å². The molecule has 1 saturated carbocycles. The van der Waals surface area contributed by atoms with E-state index >= 15 is 0 Å². The molecule has 2 aromatic heterocycles. The fraction of sp³-hybridized carbons (Fsp3) is 0.652. The monoisotopic (exact) mass is 425 g/mol. The number of nitrogens with one attached hydrogen (secondary N) is 1. The first kappa shape index (κ1) is 20.3. The van der Waals surface area contributed by atoms with Crippen molar-refractivity contribution in [2.75, 3.05) is 13.1 Å². The Hall–Kier alpha value is -2.64. The third-order valence-corrected chi connectivity index (χ3v) is 7.04. The molecule has 8 heteroatoms. The van der Waals surface area contributed by atoms with Crippen molar-refractivity contribution < 1.29 is 9.59 Å². The smallest absolute Gasteiger partial charge is 0.276 e. The van der Waals surface area contributed by atoms with Crippen LogP contribution in [0, 0.1) is 17.3 Å². The molecule has 3 atom stereocenters. The van der Waals surface area contributed by atoms with Crippen molar-refractivity contribution >= 4 is 17.5 Å². The zero-order valence-corrected chi connectivity index (χ0v) is 18.8. The number of aromatic amines is 1. The van der Waals surface area contributed by atoms with Gasteiger partial charge in [-0.15, -0.1) is 0 Å². The van der Waals surface area contributed by atoms with E-state index in [1.807, 2.05) is 31.7 Å². The first-order chi connectivity index (χ1) is 14.6.